The number of sulfonamides is 1. The molecule has 0 radical (unpaired) electrons. The van der Waals surface area contributed by atoms with E-state index in [1.54, 1.807) is 12.1 Å². The summed E-state index contributed by atoms with van der Waals surface area (Å²) in [5.74, 6) is 0.389. The van der Waals surface area contributed by atoms with E-state index >= 15 is 0 Å². The molecule has 5 nitrogen and oxygen atoms in total. The number of halogens is 2. The number of benzene rings is 1. The van der Waals surface area contributed by atoms with E-state index in [0.717, 1.165) is 5.56 Å². The minimum absolute atomic E-state index is 0.0198. The van der Waals surface area contributed by atoms with E-state index in [1.807, 2.05) is 13.0 Å². The van der Waals surface area contributed by atoms with Gasteiger partial charge in [0.1, 0.15) is 10.7 Å². The van der Waals surface area contributed by atoms with Crippen LogP contribution in [-0.2, 0) is 16.6 Å². The Labute approximate surface area is 133 Å². The molecule has 2 rings (SSSR count). The molecule has 1 aromatic heterocycles. The van der Waals surface area contributed by atoms with Gasteiger partial charge in [-0.3, -0.25) is 4.72 Å². The molecular weight excluding hydrogens is 412 g/mol. The monoisotopic (exact) mass is 422 g/mol. The van der Waals surface area contributed by atoms with Gasteiger partial charge in [0.15, 0.2) is 4.67 Å². The van der Waals surface area contributed by atoms with E-state index in [4.69, 9.17) is 10.2 Å². The minimum atomic E-state index is -3.75. The molecule has 1 heterocycles. The van der Waals surface area contributed by atoms with Gasteiger partial charge < -0.3 is 10.2 Å². The summed E-state index contributed by atoms with van der Waals surface area (Å²) in [4.78, 5) is 0.0198. The smallest absolute Gasteiger partial charge is 0.266 e. The summed E-state index contributed by atoms with van der Waals surface area (Å²) in [6.45, 7) is 2.00. The van der Waals surface area contributed by atoms with Crippen LogP contribution in [0.5, 0.6) is 0 Å². The van der Waals surface area contributed by atoms with Crippen molar-refractivity contribution >= 4 is 47.6 Å². The van der Waals surface area contributed by atoms with Gasteiger partial charge in [-0.2, -0.15) is 0 Å². The van der Waals surface area contributed by atoms with Crippen molar-refractivity contribution in [1.29, 1.82) is 0 Å². The first-order valence-corrected chi connectivity index (χ1v) is 8.68. The molecule has 0 spiro atoms. The number of nitrogens with two attached hydrogens (primary N) is 1. The van der Waals surface area contributed by atoms with Crippen LogP contribution < -0.4 is 10.5 Å². The maximum absolute atomic E-state index is 12.4. The Balaban J connectivity index is 2.40. The SMILES string of the molecule is Cc1cccc(NS(=O)(=O)c2cc(CN)oc2Br)c1Br. The van der Waals surface area contributed by atoms with E-state index in [0.29, 0.717) is 15.9 Å². The molecule has 0 aliphatic carbocycles. The number of anilines is 1. The van der Waals surface area contributed by atoms with Gasteiger partial charge in [0.05, 0.1) is 12.2 Å². The fourth-order valence-corrected chi connectivity index (χ4v) is 4.17. The molecule has 20 heavy (non-hydrogen) atoms. The topological polar surface area (TPSA) is 85.3 Å². The van der Waals surface area contributed by atoms with Crippen molar-refractivity contribution < 1.29 is 12.8 Å². The molecule has 0 aliphatic rings. The van der Waals surface area contributed by atoms with Crippen LogP contribution in [0.3, 0.4) is 0 Å². The second-order valence-corrected chi connectivity index (χ2v) is 7.26. The summed E-state index contributed by atoms with van der Waals surface area (Å²) in [6, 6.07) is 6.72. The van der Waals surface area contributed by atoms with Gasteiger partial charge in [-0.1, -0.05) is 12.1 Å². The third kappa shape index (κ3) is 3.08. The van der Waals surface area contributed by atoms with Gasteiger partial charge >= 0.3 is 0 Å². The molecule has 2 aromatic rings. The lowest BCUT2D eigenvalue weighted by atomic mass is 10.2. The molecule has 0 fully saturated rings. The van der Waals surface area contributed by atoms with Crippen LogP contribution in [0.1, 0.15) is 11.3 Å². The largest absolute Gasteiger partial charge is 0.452 e. The first-order valence-electron chi connectivity index (χ1n) is 5.61. The minimum Gasteiger partial charge on any atom is -0.452 e. The number of aryl methyl sites for hydroxylation is 1. The van der Waals surface area contributed by atoms with Crippen LogP contribution in [0.4, 0.5) is 5.69 Å². The van der Waals surface area contributed by atoms with Crippen molar-refractivity contribution in [2.45, 2.75) is 18.4 Å². The van der Waals surface area contributed by atoms with Gasteiger partial charge in [0, 0.05) is 10.5 Å². The van der Waals surface area contributed by atoms with Crippen molar-refractivity contribution in [2.24, 2.45) is 5.73 Å². The molecule has 0 saturated carbocycles. The second kappa shape index (κ2) is 5.88. The van der Waals surface area contributed by atoms with E-state index in [9.17, 15) is 8.42 Å². The molecule has 8 heteroatoms. The summed E-state index contributed by atoms with van der Waals surface area (Å²) in [6.07, 6.45) is 0. The van der Waals surface area contributed by atoms with Crippen LogP contribution >= 0.6 is 31.9 Å². The number of hydrogen-bond acceptors (Lipinski definition) is 4. The molecule has 3 N–H and O–H groups in total. The third-order valence-corrected chi connectivity index (χ3v) is 5.91. The maximum Gasteiger partial charge on any atom is 0.266 e. The predicted molar refractivity (Wildman–Crippen MR) is 84.0 cm³/mol. The predicted octanol–water partition coefficient (Wildman–Crippen LogP) is 3.37. The van der Waals surface area contributed by atoms with E-state index < -0.39 is 10.0 Å². The number of furan rings is 1. The van der Waals surface area contributed by atoms with E-state index in [1.165, 1.54) is 6.07 Å². The quantitative estimate of drug-likeness (QED) is 0.789. The highest BCUT2D eigenvalue weighted by atomic mass is 79.9. The van der Waals surface area contributed by atoms with Crippen molar-refractivity contribution in [3.8, 4) is 0 Å². The third-order valence-electron chi connectivity index (χ3n) is 2.63. The number of rotatable bonds is 4. The summed E-state index contributed by atoms with van der Waals surface area (Å²) < 4.78 is 33.3. The highest BCUT2D eigenvalue weighted by Crippen LogP contribution is 2.31. The van der Waals surface area contributed by atoms with Crippen LogP contribution in [-0.4, -0.2) is 8.42 Å². The second-order valence-electron chi connectivity index (χ2n) is 4.10. The highest BCUT2D eigenvalue weighted by molar-refractivity contribution is 9.10. The van der Waals surface area contributed by atoms with Gasteiger partial charge in [-0.25, -0.2) is 8.42 Å². The fourth-order valence-electron chi connectivity index (χ4n) is 1.61. The van der Waals surface area contributed by atoms with E-state index in [-0.39, 0.29) is 16.1 Å². The Morgan fingerprint density at radius 1 is 1.35 bits per heavy atom. The zero-order valence-electron chi connectivity index (χ0n) is 10.5. The van der Waals surface area contributed by atoms with Gasteiger partial charge in [-0.05, 0) is 50.4 Å². The normalized spacial score (nSPS) is 11.6. The lowest BCUT2D eigenvalue weighted by molar-refractivity contribution is 0.484. The number of nitrogens with one attached hydrogen (secondary N) is 1. The highest BCUT2D eigenvalue weighted by Gasteiger charge is 2.23. The Morgan fingerprint density at radius 2 is 2.05 bits per heavy atom. The van der Waals surface area contributed by atoms with Gasteiger partial charge in [-0.15, -0.1) is 0 Å². The summed E-state index contributed by atoms with van der Waals surface area (Å²) >= 11 is 6.45. The zero-order chi connectivity index (χ0) is 14.9. The Bertz CT molecular complexity index is 741. The van der Waals surface area contributed by atoms with Crippen molar-refractivity contribution in [2.75, 3.05) is 4.72 Å². The summed E-state index contributed by atoms with van der Waals surface area (Å²) in [7, 11) is -3.75. The first-order chi connectivity index (χ1) is 9.35. The molecule has 0 unspecified atom stereocenters. The van der Waals surface area contributed by atoms with Crippen molar-refractivity contribution in [3.05, 3.63) is 44.7 Å². The van der Waals surface area contributed by atoms with Gasteiger partial charge in [0.25, 0.3) is 10.0 Å². The van der Waals surface area contributed by atoms with Crippen molar-refractivity contribution in [1.82, 2.24) is 0 Å². The standard InChI is InChI=1S/C12H12Br2N2O3S/c1-7-3-2-4-9(11(7)13)16-20(17,18)10-5-8(6-15)19-12(10)14/h2-5,16H,6,15H2,1H3. The summed E-state index contributed by atoms with van der Waals surface area (Å²) in [5.41, 5.74) is 6.83. The summed E-state index contributed by atoms with van der Waals surface area (Å²) in [5, 5.41) is 0. The first kappa shape index (κ1) is 15.6. The lowest BCUT2D eigenvalue weighted by Gasteiger charge is -2.10. The molecule has 0 aliphatic heterocycles. The molecule has 1 aromatic carbocycles. The Hall–Kier alpha value is -0.830. The van der Waals surface area contributed by atoms with E-state index in [2.05, 4.69) is 36.6 Å². The maximum atomic E-state index is 12.4. The fraction of sp³-hybridized carbons (Fsp3) is 0.167. The lowest BCUT2D eigenvalue weighted by Crippen LogP contribution is -2.13. The van der Waals surface area contributed by atoms with Crippen LogP contribution in [0.25, 0.3) is 0 Å². The molecule has 0 amide bonds. The molecule has 108 valence electrons. The molecule has 0 bridgehead atoms. The average molecular weight is 424 g/mol. The average Bonchev–Trinajstić information content (AvgIpc) is 2.77. The zero-order valence-corrected chi connectivity index (χ0v) is 14.5. The van der Waals surface area contributed by atoms with Crippen LogP contribution in [0, 0.1) is 6.92 Å². The Morgan fingerprint density at radius 3 is 2.65 bits per heavy atom. The molecule has 0 saturated heterocycles. The molecule has 0 atom stereocenters. The number of hydrogen-bond donors (Lipinski definition) is 2. The van der Waals surface area contributed by atoms with Crippen LogP contribution in [0.15, 0.2) is 42.7 Å². The van der Waals surface area contributed by atoms with Gasteiger partial charge in [0.2, 0.25) is 0 Å². The van der Waals surface area contributed by atoms with Crippen molar-refractivity contribution in [3.63, 3.8) is 0 Å². The van der Waals surface area contributed by atoms with Crippen LogP contribution in [0.2, 0.25) is 0 Å². The molecular formula is C12H12Br2N2O3S. The Kier molecular flexibility index (Phi) is 4.58.